The number of alkyl halides is 5. The van der Waals surface area contributed by atoms with Gasteiger partial charge in [-0.15, -0.1) is 13.2 Å². The molecule has 0 aliphatic carbocycles. The molecule has 0 fully saturated rings. The van der Waals surface area contributed by atoms with Gasteiger partial charge in [-0.2, -0.15) is 8.78 Å². The molecule has 1 aromatic heterocycles. The van der Waals surface area contributed by atoms with E-state index in [1.807, 2.05) is 0 Å². The third-order valence-corrected chi connectivity index (χ3v) is 4.57. The van der Waals surface area contributed by atoms with Gasteiger partial charge in [0.2, 0.25) is 5.91 Å². The van der Waals surface area contributed by atoms with Gasteiger partial charge in [0.05, 0.1) is 11.4 Å². The van der Waals surface area contributed by atoms with Crippen LogP contribution in [-0.2, 0) is 4.79 Å². The van der Waals surface area contributed by atoms with Crippen molar-refractivity contribution in [3.63, 3.8) is 0 Å². The molecule has 0 aliphatic heterocycles. The Morgan fingerprint density at radius 2 is 1.66 bits per heavy atom. The molecule has 0 atom stereocenters. The number of carbonyl (C=O) groups is 1. The number of aromatic nitrogens is 2. The van der Waals surface area contributed by atoms with E-state index >= 15 is 0 Å². The summed E-state index contributed by atoms with van der Waals surface area (Å²) >= 11 is 1.05. The van der Waals surface area contributed by atoms with E-state index in [1.54, 1.807) is 18.2 Å². The monoisotopic (exact) mass is 471 g/mol. The third kappa shape index (κ3) is 7.38. The number of hydrogen-bond donors (Lipinski definition) is 1. The van der Waals surface area contributed by atoms with Crippen LogP contribution in [0.5, 0.6) is 11.5 Å². The highest BCUT2D eigenvalue weighted by molar-refractivity contribution is 7.99. The van der Waals surface area contributed by atoms with Crippen molar-refractivity contribution in [3.05, 3.63) is 60.8 Å². The van der Waals surface area contributed by atoms with E-state index < -0.39 is 24.6 Å². The van der Waals surface area contributed by atoms with Crippen molar-refractivity contribution in [2.45, 2.75) is 18.1 Å². The molecule has 1 N–H and O–H groups in total. The zero-order chi connectivity index (χ0) is 23.1. The summed E-state index contributed by atoms with van der Waals surface area (Å²) in [5.74, 6) is -0.848. The molecular weight excluding hydrogens is 457 g/mol. The highest BCUT2D eigenvalue weighted by atomic mass is 32.2. The van der Waals surface area contributed by atoms with E-state index in [-0.39, 0.29) is 11.5 Å². The minimum Gasteiger partial charge on any atom is -0.435 e. The second kappa shape index (κ2) is 10.3. The fourth-order valence-electron chi connectivity index (χ4n) is 2.45. The first kappa shape index (κ1) is 23.3. The van der Waals surface area contributed by atoms with E-state index in [4.69, 9.17) is 0 Å². The Labute approximate surface area is 182 Å². The summed E-state index contributed by atoms with van der Waals surface area (Å²) in [6.07, 6.45) is -3.30. The van der Waals surface area contributed by atoms with E-state index in [1.165, 1.54) is 30.5 Å². The Balaban J connectivity index is 1.55. The predicted octanol–water partition coefficient (Wildman–Crippen LogP) is 5.37. The van der Waals surface area contributed by atoms with Gasteiger partial charge in [0.15, 0.2) is 5.16 Å². The standard InChI is InChI=1S/C20H14F5N3O3S/c21-18(22)30-14-5-1-12(2-6-14)16-9-10-26-19(28-16)32-11-17(29)27-13-3-7-15(8-4-13)31-20(23,24)25/h1-10,18H,11H2,(H,27,29). The van der Waals surface area contributed by atoms with Gasteiger partial charge in [-0.25, -0.2) is 9.97 Å². The van der Waals surface area contributed by atoms with Gasteiger partial charge < -0.3 is 14.8 Å². The smallest absolute Gasteiger partial charge is 0.435 e. The number of carbonyl (C=O) groups excluding carboxylic acids is 1. The number of rotatable bonds is 8. The van der Waals surface area contributed by atoms with Gasteiger partial charge in [0.1, 0.15) is 11.5 Å². The lowest BCUT2D eigenvalue weighted by atomic mass is 10.1. The summed E-state index contributed by atoms with van der Waals surface area (Å²) in [4.78, 5) is 20.5. The van der Waals surface area contributed by atoms with Crippen LogP contribution in [0.15, 0.2) is 66.0 Å². The molecule has 0 bridgehead atoms. The van der Waals surface area contributed by atoms with Crippen LogP contribution >= 0.6 is 11.8 Å². The van der Waals surface area contributed by atoms with E-state index in [9.17, 15) is 26.7 Å². The molecule has 0 saturated carbocycles. The lowest BCUT2D eigenvalue weighted by Crippen LogP contribution is -2.17. The zero-order valence-electron chi connectivity index (χ0n) is 16.0. The number of thioether (sulfide) groups is 1. The minimum absolute atomic E-state index is 0.0158. The number of anilines is 1. The molecule has 0 aliphatic rings. The molecule has 1 heterocycles. The number of nitrogens with one attached hydrogen (secondary N) is 1. The number of ether oxygens (including phenoxy) is 2. The van der Waals surface area contributed by atoms with Gasteiger partial charge in [0, 0.05) is 17.4 Å². The van der Waals surface area contributed by atoms with Crippen LogP contribution in [0.3, 0.4) is 0 Å². The minimum atomic E-state index is -4.79. The highest BCUT2D eigenvalue weighted by Crippen LogP contribution is 2.25. The van der Waals surface area contributed by atoms with Crippen LogP contribution in [0, 0.1) is 0 Å². The summed E-state index contributed by atoms with van der Waals surface area (Å²) in [5, 5.41) is 2.85. The number of halogens is 5. The number of amides is 1. The first-order valence-corrected chi connectivity index (χ1v) is 9.83. The number of nitrogens with zero attached hydrogens (tertiary/aromatic N) is 2. The predicted molar refractivity (Wildman–Crippen MR) is 107 cm³/mol. The van der Waals surface area contributed by atoms with Gasteiger partial charge in [0.25, 0.3) is 0 Å². The molecule has 6 nitrogen and oxygen atoms in total. The normalized spacial score (nSPS) is 11.3. The largest absolute Gasteiger partial charge is 0.573 e. The maximum absolute atomic E-state index is 12.2. The van der Waals surface area contributed by atoms with Crippen molar-refractivity contribution in [1.82, 2.24) is 9.97 Å². The number of benzene rings is 2. The number of hydrogen-bond acceptors (Lipinski definition) is 6. The first-order valence-electron chi connectivity index (χ1n) is 8.85. The maximum atomic E-state index is 12.2. The fraction of sp³-hybridized carbons (Fsp3) is 0.150. The molecule has 0 unspecified atom stereocenters. The summed E-state index contributed by atoms with van der Waals surface area (Å²) in [6.45, 7) is -2.92. The fourth-order valence-corrected chi connectivity index (χ4v) is 3.08. The maximum Gasteiger partial charge on any atom is 0.573 e. The average molecular weight is 471 g/mol. The summed E-state index contributed by atoms with van der Waals surface area (Å²) in [6, 6.07) is 12.2. The molecule has 1 amide bonds. The van der Waals surface area contributed by atoms with Crippen molar-refractivity contribution >= 4 is 23.4 Å². The summed E-state index contributed by atoms with van der Waals surface area (Å²) in [7, 11) is 0. The van der Waals surface area contributed by atoms with Crippen LogP contribution in [0.4, 0.5) is 27.6 Å². The van der Waals surface area contributed by atoms with Crippen LogP contribution in [-0.4, -0.2) is 34.6 Å². The molecular formula is C20H14F5N3O3S. The van der Waals surface area contributed by atoms with Gasteiger partial charge >= 0.3 is 13.0 Å². The Hall–Kier alpha value is -3.41. The van der Waals surface area contributed by atoms with Crippen molar-refractivity contribution in [1.29, 1.82) is 0 Å². The molecule has 3 aromatic rings. The average Bonchev–Trinajstić information content (AvgIpc) is 2.73. The molecule has 0 spiro atoms. The SMILES string of the molecule is O=C(CSc1nccc(-c2ccc(OC(F)F)cc2)n1)Nc1ccc(OC(F)(F)F)cc1. The molecule has 3 rings (SSSR count). The molecule has 12 heteroatoms. The Morgan fingerprint density at radius 1 is 1.00 bits per heavy atom. The van der Waals surface area contributed by atoms with Gasteiger partial charge in [-0.3, -0.25) is 4.79 Å². The third-order valence-electron chi connectivity index (χ3n) is 3.71. The van der Waals surface area contributed by atoms with Gasteiger partial charge in [-0.05, 0) is 54.6 Å². The van der Waals surface area contributed by atoms with Crippen LogP contribution in [0.2, 0.25) is 0 Å². The van der Waals surface area contributed by atoms with Crippen LogP contribution < -0.4 is 14.8 Å². The van der Waals surface area contributed by atoms with Crippen molar-refractivity contribution in [2.24, 2.45) is 0 Å². The molecule has 168 valence electrons. The van der Waals surface area contributed by atoms with E-state index in [2.05, 4.69) is 24.8 Å². The Kier molecular flexibility index (Phi) is 7.46. The Morgan fingerprint density at radius 3 is 2.28 bits per heavy atom. The first-order chi connectivity index (χ1) is 15.2. The molecule has 0 radical (unpaired) electrons. The molecule has 0 saturated heterocycles. The highest BCUT2D eigenvalue weighted by Gasteiger charge is 2.30. The van der Waals surface area contributed by atoms with E-state index in [0.717, 1.165) is 23.9 Å². The van der Waals surface area contributed by atoms with Crippen molar-refractivity contribution in [3.8, 4) is 22.8 Å². The molecule has 32 heavy (non-hydrogen) atoms. The zero-order valence-corrected chi connectivity index (χ0v) is 16.8. The molecule has 2 aromatic carbocycles. The van der Waals surface area contributed by atoms with Crippen molar-refractivity contribution in [2.75, 3.05) is 11.1 Å². The quantitative estimate of drug-likeness (QED) is 0.270. The lowest BCUT2D eigenvalue weighted by Gasteiger charge is -2.10. The van der Waals surface area contributed by atoms with Crippen molar-refractivity contribution < 1.29 is 36.2 Å². The van der Waals surface area contributed by atoms with Gasteiger partial charge in [-0.1, -0.05) is 11.8 Å². The van der Waals surface area contributed by atoms with Crippen LogP contribution in [0.25, 0.3) is 11.3 Å². The summed E-state index contributed by atoms with van der Waals surface area (Å²) in [5.41, 5.74) is 1.46. The second-order valence-corrected chi connectivity index (χ2v) is 6.98. The topological polar surface area (TPSA) is 73.3 Å². The summed E-state index contributed by atoms with van der Waals surface area (Å²) < 4.78 is 69.1. The second-order valence-electron chi connectivity index (χ2n) is 6.04. The van der Waals surface area contributed by atoms with Crippen LogP contribution in [0.1, 0.15) is 0 Å². The van der Waals surface area contributed by atoms with E-state index in [0.29, 0.717) is 22.1 Å². The Bertz CT molecular complexity index is 1050. The lowest BCUT2D eigenvalue weighted by molar-refractivity contribution is -0.274.